The molecule has 0 aliphatic carbocycles. The molecule has 0 aliphatic rings. The number of hydrogen-bond donors (Lipinski definition) is 2. The van der Waals surface area contributed by atoms with Gasteiger partial charge in [0.05, 0.1) is 6.54 Å². The van der Waals surface area contributed by atoms with E-state index in [0.29, 0.717) is 0 Å². The summed E-state index contributed by atoms with van der Waals surface area (Å²) in [7, 11) is 0. The molecule has 1 aromatic heterocycles. The summed E-state index contributed by atoms with van der Waals surface area (Å²) in [6.45, 7) is 6.04. The molecule has 0 spiro atoms. The molecule has 1 aromatic rings. The third kappa shape index (κ3) is 3.75. The summed E-state index contributed by atoms with van der Waals surface area (Å²) in [5.74, 6) is 0.948. The second-order valence-electron chi connectivity index (χ2n) is 4.17. The lowest BCUT2D eigenvalue weighted by molar-refractivity contribution is 0.112. The van der Waals surface area contributed by atoms with Crippen molar-refractivity contribution in [2.45, 2.75) is 33.2 Å². The highest BCUT2D eigenvalue weighted by Gasteiger charge is 2.24. The summed E-state index contributed by atoms with van der Waals surface area (Å²) >= 11 is 2.16. The molecule has 16 heavy (non-hydrogen) atoms. The Kier molecular flexibility index (Phi) is 5.78. The highest BCUT2D eigenvalue weighted by molar-refractivity contribution is 14.1. The van der Waals surface area contributed by atoms with E-state index >= 15 is 0 Å². The van der Waals surface area contributed by atoms with Gasteiger partial charge in [0, 0.05) is 18.6 Å². The van der Waals surface area contributed by atoms with Crippen molar-refractivity contribution >= 4 is 22.6 Å². The van der Waals surface area contributed by atoms with Gasteiger partial charge in [-0.25, -0.2) is 0 Å². The smallest absolute Gasteiger partial charge is 0.164 e. The molecular formula is C12H20INO2. The van der Waals surface area contributed by atoms with E-state index in [1.807, 2.05) is 12.1 Å². The van der Waals surface area contributed by atoms with E-state index in [9.17, 15) is 5.11 Å². The lowest BCUT2D eigenvalue weighted by atomic mass is 9.83. The first-order chi connectivity index (χ1) is 7.65. The number of furan rings is 1. The van der Waals surface area contributed by atoms with Crippen LogP contribution in [0.1, 0.15) is 32.4 Å². The summed E-state index contributed by atoms with van der Waals surface area (Å²) < 4.78 is 6.37. The first-order valence-corrected chi connectivity index (χ1v) is 6.79. The predicted molar refractivity (Wildman–Crippen MR) is 73.2 cm³/mol. The lowest BCUT2D eigenvalue weighted by Gasteiger charge is -2.29. The maximum absolute atomic E-state index is 9.41. The minimum Gasteiger partial charge on any atom is -0.454 e. The SMILES string of the molecule is CCC(CC)(CO)CNCc1ccc(I)o1. The second-order valence-corrected chi connectivity index (χ2v) is 5.24. The number of hydrogen-bond acceptors (Lipinski definition) is 3. The standard InChI is InChI=1S/C12H20INO2/c1-3-12(4-2,9-15)8-14-7-10-5-6-11(13)16-10/h5-6,14-15H,3-4,7-9H2,1-2H3. The molecule has 0 fully saturated rings. The van der Waals surface area contributed by atoms with Crippen LogP contribution in [0.3, 0.4) is 0 Å². The molecule has 1 heterocycles. The van der Waals surface area contributed by atoms with Gasteiger partial charge in [0.25, 0.3) is 0 Å². The van der Waals surface area contributed by atoms with Gasteiger partial charge in [0.2, 0.25) is 0 Å². The Morgan fingerprint density at radius 3 is 2.50 bits per heavy atom. The number of rotatable bonds is 7. The Morgan fingerprint density at radius 1 is 1.38 bits per heavy atom. The average Bonchev–Trinajstić information content (AvgIpc) is 2.71. The summed E-state index contributed by atoms with van der Waals surface area (Å²) in [5, 5.41) is 12.8. The van der Waals surface area contributed by atoms with E-state index in [1.165, 1.54) is 0 Å². The van der Waals surface area contributed by atoms with Crippen LogP contribution in [0, 0.1) is 9.18 Å². The van der Waals surface area contributed by atoms with Gasteiger partial charge in [0.15, 0.2) is 3.77 Å². The quantitative estimate of drug-likeness (QED) is 0.752. The van der Waals surface area contributed by atoms with E-state index in [4.69, 9.17) is 4.42 Å². The van der Waals surface area contributed by atoms with Crippen LogP contribution in [0.15, 0.2) is 16.5 Å². The zero-order valence-corrected chi connectivity index (χ0v) is 12.1. The maximum atomic E-state index is 9.41. The summed E-state index contributed by atoms with van der Waals surface area (Å²) in [5.41, 5.74) is 0.0136. The zero-order valence-electron chi connectivity index (χ0n) is 9.92. The van der Waals surface area contributed by atoms with Crippen molar-refractivity contribution in [2.24, 2.45) is 5.41 Å². The number of aliphatic hydroxyl groups excluding tert-OH is 1. The molecule has 0 aromatic carbocycles. The van der Waals surface area contributed by atoms with Crippen LogP contribution in [0.4, 0.5) is 0 Å². The summed E-state index contributed by atoms with van der Waals surface area (Å²) in [4.78, 5) is 0. The highest BCUT2D eigenvalue weighted by Crippen LogP contribution is 2.24. The van der Waals surface area contributed by atoms with Crippen LogP contribution in [0.2, 0.25) is 0 Å². The largest absolute Gasteiger partial charge is 0.454 e. The summed E-state index contributed by atoms with van der Waals surface area (Å²) in [6, 6.07) is 3.93. The van der Waals surface area contributed by atoms with Gasteiger partial charge in [-0.2, -0.15) is 0 Å². The molecule has 3 nitrogen and oxygen atoms in total. The fourth-order valence-corrected chi connectivity index (χ4v) is 2.14. The molecule has 4 heteroatoms. The molecule has 0 bridgehead atoms. The molecule has 1 rings (SSSR count). The number of aliphatic hydroxyl groups is 1. The van der Waals surface area contributed by atoms with E-state index in [0.717, 1.165) is 35.5 Å². The van der Waals surface area contributed by atoms with Crippen LogP contribution in [-0.4, -0.2) is 18.3 Å². The molecule has 92 valence electrons. The Morgan fingerprint density at radius 2 is 2.06 bits per heavy atom. The van der Waals surface area contributed by atoms with E-state index in [1.54, 1.807) is 0 Å². The fourth-order valence-electron chi connectivity index (χ4n) is 1.68. The van der Waals surface area contributed by atoms with Crippen molar-refractivity contribution in [1.82, 2.24) is 5.32 Å². The minimum absolute atomic E-state index is 0.0136. The van der Waals surface area contributed by atoms with Gasteiger partial charge in [-0.1, -0.05) is 13.8 Å². The first kappa shape index (κ1) is 14.0. The Labute approximate surface area is 111 Å². The van der Waals surface area contributed by atoms with Crippen LogP contribution in [-0.2, 0) is 6.54 Å². The third-order valence-electron chi connectivity index (χ3n) is 3.26. The fraction of sp³-hybridized carbons (Fsp3) is 0.667. The van der Waals surface area contributed by atoms with Crippen LogP contribution in [0.25, 0.3) is 0 Å². The Hall–Kier alpha value is -0.0700. The van der Waals surface area contributed by atoms with Gasteiger partial charge in [-0.15, -0.1) is 0 Å². The van der Waals surface area contributed by atoms with Crippen molar-refractivity contribution < 1.29 is 9.52 Å². The van der Waals surface area contributed by atoms with Gasteiger partial charge in [0.1, 0.15) is 5.76 Å². The summed E-state index contributed by atoms with van der Waals surface area (Å²) in [6.07, 6.45) is 1.98. The number of nitrogens with one attached hydrogen (secondary N) is 1. The molecule has 0 saturated heterocycles. The van der Waals surface area contributed by atoms with E-state index in [2.05, 4.69) is 41.8 Å². The first-order valence-electron chi connectivity index (χ1n) is 5.71. The molecule has 0 radical (unpaired) electrons. The van der Waals surface area contributed by atoms with Gasteiger partial charge in [-0.05, 0) is 47.6 Å². The van der Waals surface area contributed by atoms with Crippen molar-refractivity contribution in [1.29, 1.82) is 0 Å². The third-order valence-corrected chi connectivity index (χ3v) is 3.84. The van der Waals surface area contributed by atoms with E-state index < -0.39 is 0 Å². The molecule has 2 N–H and O–H groups in total. The van der Waals surface area contributed by atoms with E-state index in [-0.39, 0.29) is 12.0 Å². The minimum atomic E-state index is 0.0136. The highest BCUT2D eigenvalue weighted by atomic mass is 127. The monoisotopic (exact) mass is 337 g/mol. The van der Waals surface area contributed by atoms with Crippen molar-refractivity contribution in [3.8, 4) is 0 Å². The molecular weight excluding hydrogens is 317 g/mol. The van der Waals surface area contributed by atoms with Crippen LogP contribution >= 0.6 is 22.6 Å². The second kappa shape index (κ2) is 6.61. The van der Waals surface area contributed by atoms with Crippen LogP contribution < -0.4 is 5.32 Å². The predicted octanol–water partition coefficient (Wildman–Crippen LogP) is 2.77. The lowest BCUT2D eigenvalue weighted by Crippen LogP contribution is -2.36. The van der Waals surface area contributed by atoms with Crippen molar-refractivity contribution in [2.75, 3.05) is 13.2 Å². The van der Waals surface area contributed by atoms with Crippen molar-refractivity contribution in [3.05, 3.63) is 21.7 Å². The van der Waals surface area contributed by atoms with Gasteiger partial charge in [-0.3, -0.25) is 0 Å². The van der Waals surface area contributed by atoms with Crippen LogP contribution in [0.5, 0.6) is 0 Å². The van der Waals surface area contributed by atoms with Gasteiger partial charge >= 0.3 is 0 Å². The van der Waals surface area contributed by atoms with Crippen molar-refractivity contribution in [3.63, 3.8) is 0 Å². The zero-order chi connectivity index (χ0) is 12.0. The molecule has 0 saturated carbocycles. The normalized spacial score (nSPS) is 12.0. The molecule has 0 unspecified atom stereocenters. The molecule has 0 aliphatic heterocycles. The maximum Gasteiger partial charge on any atom is 0.164 e. The molecule has 0 atom stereocenters. The Bertz CT molecular complexity index is 299. The average molecular weight is 337 g/mol. The molecule has 0 amide bonds. The topological polar surface area (TPSA) is 45.4 Å². The van der Waals surface area contributed by atoms with Gasteiger partial charge < -0.3 is 14.8 Å². The Balaban J connectivity index is 2.39. The number of halogens is 1.